The van der Waals surface area contributed by atoms with Crippen molar-refractivity contribution in [2.24, 2.45) is 0 Å². The molecule has 0 aliphatic rings. The van der Waals surface area contributed by atoms with Crippen LogP contribution in [0.3, 0.4) is 0 Å². The van der Waals surface area contributed by atoms with E-state index in [0.29, 0.717) is 11.6 Å². The van der Waals surface area contributed by atoms with Gasteiger partial charge in [-0.25, -0.2) is 32.3 Å². The molecule has 156 valence electrons. The van der Waals surface area contributed by atoms with Gasteiger partial charge in [0.1, 0.15) is 10.7 Å². The molecule has 2 N–H and O–H groups in total. The zero-order valence-corrected chi connectivity index (χ0v) is 15.6. The highest BCUT2D eigenvalue weighted by atomic mass is 32.2. The molecule has 0 fully saturated rings. The molecule has 0 saturated carbocycles. The predicted molar refractivity (Wildman–Crippen MR) is 98.2 cm³/mol. The maximum atomic E-state index is 13.7. The Morgan fingerprint density at radius 1 is 0.933 bits per heavy atom. The molecule has 1 heterocycles. The molecule has 0 unspecified atom stereocenters. The first-order chi connectivity index (χ1) is 14.1. The Morgan fingerprint density at radius 3 is 2.20 bits per heavy atom. The third-order valence-corrected chi connectivity index (χ3v) is 5.03. The molecule has 0 bridgehead atoms. The maximum Gasteiger partial charge on any atom is 0.433 e. The largest absolute Gasteiger partial charge is 0.433 e. The van der Waals surface area contributed by atoms with Crippen LogP contribution >= 0.6 is 0 Å². The molecule has 2 aromatic carbocycles. The van der Waals surface area contributed by atoms with Gasteiger partial charge in [0.2, 0.25) is 5.95 Å². The lowest BCUT2D eigenvalue weighted by atomic mass is 10.1. The number of carbonyl (C=O) groups is 1. The van der Waals surface area contributed by atoms with Gasteiger partial charge in [-0.05, 0) is 18.2 Å². The van der Waals surface area contributed by atoms with Crippen LogP contribution in [0.25, 0.3) is 11.3 Å². The van der Waals surface area contributed by atoms with Crippen LogP contribution in [0, 0.1) is 5.82 Å². The number of aromatic nitrogens is 2. The van der Waals surface area contributed by atoms with Crippen molar-refractivity contribution in [3.05, 3.63) is 72.2 Å². The highest BCUT2D eigenvalue weighted by molar-refractivity contribution is 7.90. The van der Waals surface area contributed by atoms with E-state index in [4.69, 9.17) is 0 Å². The fourth-order valence-electron chi connectivity index (χ4n) is 2.37. The Hall–Kier alpha value is -3.54. The quantitative estimate of drug-likeness (QED) is 0.601. The van der Waals surface area contributed by atoms with Crippen molar-refractivity contribution in [2.75, 3.05) is 5.32 Å². The van der Waals surface area contributed by atoms with Crippen LogP contribution in [0.4, 0.5) is 28.3 Å². The summed E-state index contributed by atoms with van der Waals surface area (Å²) < 4.78 is 79.0. The average Bonchev–Trinajstić information content (AvgIpc) is 2.67. The van der Waals surface area contributed by atoms with Crippen molar-refractivity contribution in [3.63, 3.8) is 0 Å². The van der Waals surface area contributed by atoms with Gasteiger partial charge in [0.25, 0.3) is 10.0 Å². The molecule has 2 amide bonds. The summed E-state index contributed by atoms with van der Waals surface area (Å²) in [4.78, 5) is 18.3. The maximum absolute atomic E-state index is 13.7. The molecule has 0 aliphatic carbocycles. The number of amides is 2. The number of nitrogens with one attached hydrogen (secondary N) is 2. The number of sulfonamides is 1. The summed E-state index contributed by atoms with van der Waals surface area (Å²) in [6, 6.07) is 11.3. The number of nitrogens with zero attached hydrogens (tertiary/aromatic N) is 2. The van der Waals surface area contributed by atoms with E-state index < -0.39 is 44.6 Å². The molecule has 0 saturated heterocycles. The van der Waals surface area contributed by atoms with Gasteiger partial charge in [-0.2, -0.15) is 13.2 Å². The van der Waals surface area contributed by atoms with Gasteiger partial charge in [0.15, 0.2) is 5.69 Å². The highest BCUT2D eigenvalue weighted by Gasteiger charge is 2.34. The smallest absolute Gasteiger partial charge is 0.275 e. The molecule has 0 radical (unpaired) electrons. The van der Waals surface area contributed by atoms with Crippen molar-refractivity contribution in [3.8, 4) is 11.3 Å². The Kier molecular flexibility index (Phi) is 5.69. The highest BCUT2D eigenvalue weighted by Crippen LogP contribution is 2.31. The summed E-state index contributed by atoms with van der Waals surface area (Å²) in [5, 5.41) is 1.84. The first kappa shape index (κ1) is 21.2. The first-order valence-corrected chi connectivity index (χ1v) is 9.64. The minimum Gasteiger partial charge on any atom is -0.275 e. The van der Waals surface area contributed by atoms with Crippen LogP contribution in [0.15, 0.2) is 65.6 Å². The standard InChI is InChI=1S/C18H12F4N4O3S/c19-12-8-4-5-9-14(12)30(28,29)26-17(27)25-16-23-13(11-6-2-1-3-7-11)10-15(24-16)18(20,21)22/h1-10H,(H2,23,24,25,26,27). The Balaban J connectivity index is 1.90. The van der Waals surface area contributed by atoms with Crippen molar-refractivity contribution in [2.45, 2.75) is 11.1 Å². The number of rotatable bonds is 4. The number of halogens is 4. The molecular formula is C18H12F4N4O3S. The lowest BCUT2D eigenvalue weighted by Crippen LogP contribution is -2.35. The fourth-order valence-corrected chi connectivity index (χ4v) is 3.36. The van der Waals surface area contributed by atoms with Crippen LogP contribution < -0.4 is 10.0 Å². The summed E-state index contributed by atoms with van der Waals surface area (Å²) in [6.07, 6.45) is -4.85. The number of hydrogen-bond acceptors (Lipinski definition) is 5. The minimum atomic E-state index is -4.85. The minimum absolute atomic E-state index is 0.148. The Labute approximate surface area is 167 Å². The monoisotopic (exact) mass is 440 g/mol. The number of benzene rings is 2. The lowest BCUT2D eigenvalue weighted by molar-refractivity contribution is -0.141. The second kappa shape index (κ2) is 8.06. The van der Waals surface area contributed by atoms with Crippen molar-refractivity contribution < 1.29 is 30.8 Å². The number of anilines is 1. The molecule has 30 heavy (non-hydrogen) atoms. The number of alkyl halides is 3. The topological polar surface area (TPSA) is 101 Å². The molecular weight excluding hydrogens is 428 g/mol. The van der Waals surface area contributed by atoms with Gasteiger partial charge in [-0.15, -0.1) is 0 Å². The molecule has 0 spiro atoms. The predicted octanol–water partition coefficient (Wildman–Crippen LogP) is 3.81. The van der Waals surface area contributed by atoms with Crippen molar-refractivity contribution in [1.29, 1.82) is 0 Å². The van der Waals surface area contributed by atoms with E-state index in [1.165, 1.54) is 29.0 Å². The van der Waals surface area contributed by atoms with E-state index in [-0.39, 0.29) is 5.69 Å². The average molecular weight is 440 g/mol. The summed E-state index contributed by atoms with van der Waals surface area (Å²) in [6.45, 7) is 0. The van der Waals surface area contributed by atoms with Gasteiger partial charge < -0.3 is 0 Å². The van der Waals surface area contributed by atoms with Gasteiger partial charge in [-0.1, -0.05) is 42.5 Å². The Morgan fingerprint density at radius 2 is 1.57 bits per heavy atom. The third kappa shape index (κ3) is 4.89. The molecule has 0 atom stereocenters. The first-order valence-electron chi connectivity index (χ1n) is 8.16. The molecule has 0 aliphatic heterocycles. The summed E-state index contributed by atoms with van der Waals surface area (Å²) in [7, 11) is -4.63. The molecule has 1 aromatic heterocycles. The Bertz CT molecular complexity index is 1190. The van der Waals surface area contributed by atoms with Gasteiger partial charge in [0.05, 0.1) is 5.69 Å². The van der Waals surface area contributed by atoms with Crippen LogP contribution in [0.5, 0.6) is 0 Å². The van der Waals surface area contributed by atoms with Crippen molar-refractivity contribution in [1.82, 2.24) is 14.7 Å². The lowest BCUT2D eigenvalue weighted by Gasteiger charge is -2.12. The number of urea groups is 1. The zero-order chi connectivity index (χ0) is 21.9. The van der Waals surface area contributed by atoms with Crippen molar-refractivity contribution >= 4 is 22.0 Å². The third-order valence-electron chi connectivity index (χ3n) is 3.66. The van der Waals surface area contributed by atoms with E-state index >= 15 is 0 Å². The molecule has 12 heteroatoms. The van der Waals surface area contributed by atoms with E-state index in [2.05, 4.69) is 9.97 Å². The summed E-state index contributed by atoms with van der Waals surface area (Å²) >= 11 is 0. The number of hydrogen-bond donors (Lipinski definition) is 2. The second-order valence-electron chi connectivity index (χ2n) is 5.82. The molecule has 3 aromatic rings. The number of carbonyl (C=O) groups excluding carboxylic acids is 1. The van der Waals surface area contributed by atoms with Gasteiger partial charge >= 0.3 is 12.2 Å². The summed E-state index contributed by atoms with van der Waals surface area (Å²) in [5.74, 6) is -1.90. The van der Waals surface area contributed by atoms with E-state index in [1.54, 1.807) is 18.2 Å². The van der Waals surface area contributed by atoms with Gasteiger partial charge in [-0.3, -0.25) is 5.32 Å². The fraction of sp³-hybridized carbons (Fsp3) is 0.0556. The normalized spacial score (nSPS) is 11.7. The van der Waals surface area contributed by atoms with E-state index in [0.717, 1.165) is 12.1 Å². The van der Waals surface area contributed by atoms with E-state index in [9.17, 15) is 30.8 Å². The molecule has 7 nitrogen and oxygen atoms in total. The van der Waals surface area contributed by atoms with Crippen LogP contribution in [0.2, 0.25) is 0 Å². The molecule has 3 rings (SSSR count). The van der Waals surface area contributed by atoms with E-state index in [1.807, 2.05) is 5.32 Å². The second-order valence-corrected chi connectivity index (χ2v) is 7.47. The van der Waals surface area contributed by atoms with Crippen LogP contribution in [-0.4, -0.2) is 24.4 Å². The zero-order valence-electron chi connectivity index (χ0n) is 14.8. The van der Waals surface area contributed by atoms with Gasteiger partial charge in [0, 0.05) is 5.56 Å². The SMILES string of the molecule is O=C(Nc1nc(-c2ccccc2)cc(C(F)(F)F)n1)NS(=O)(=O)c1ccccc1F. The summed E-state index contributed by atoms with van der Waals surface area (Å²) in [5.41, 5.74) is -1.18. The van der Waals surface area contributed by atoms with Crippen LogP contribution in [-0.2, 0) is 16.2 Å². The van der Waals surface area contributed by atoms with Crippen LogP contribution in [0.1, 0.15) is 5.69 Å².